The van der Waals surface area contributed by atoms with Gasteiger partial charge in [-0.3, -0.25) is 4.79 Å². The largest absolute Gasteiger partial charge is 0.492 e. The van der Waals surface area contributed by atoms with Crippen LogP contribution in [0.1, 0.15) is 23.6 Å². The summed E-state index contributed by atoms with van der Waals surface area (Å²) in [5, 5.41) is 2.83. The van der Waals surface area contributed by atoms with Crippen LogP contribution in [0, 0.1) is 20.8 Å². The number of ether oxygens (including phenoxy) is 2. The molecule has 0 fully saturated rings. The van der Waals surface area contributed by atoms with Crippen molar-refractivity contribution >= 4 is 5.91 Å². The van der Waals surface area contributed by atoms with Crippen molar-refractivity contribution in [1.29, 1.82) is 0 Å². The van der Waals surface area contributed by atoms with E-state index >= 15 is 0 Å². The van der Waals surface area contributed by atoms with Crippen molar-refractivity contribution in [3.63, 3.8) is 0 Å². The Hall–Kier alpha value is -2.49. The number of carbonyl (C=O) groups is 1. The van der Waals surface area contributed by atoms with Crippen LogP contribution in [0.2, 0.25) is 0 Å². The molecule has 24 heavy (non-hydrogen) atoms. The quantitative estimate of drug-likeness (QED) is 0.791. The number of rotatable bonds is 7. The standard InChI is InChI=1S/C20H25NO3/c1-14-11-15(2)13-18(12-14)23-10-9-21-20(22)17(4)24-19-8-6-5-7-16(19)3/h5-8,11-13,17H,9-10H2,1-4H3,(H,21,22)/t17-/m1/s1. The van der Waals surface area contributed by atoms with Crippen molar-refractivity contribution in [2.45, 2.75) is 33.8 Å². The molecule has 2 aromatic carbocycles. The molecule has 0 aliphatic carbocycles. The van der Waals surface area contributed by atoms with Crippen molar-refractivity contribution in [1.82, 2.24) is 5.32 Å². The van der Waals surface area contributed by atoms with Crippen LogP contribution >= 0.6 is 0 Å². The molecule has 128 valence electrons. The van der Waals surface area contributed by atoms with E-state index < -0.39 is 6.10 Å². The zero-order valence-electron chi connectivity index (χ0n) is 14.8. The van der Waals surface area contributed by atoms with Crippen molar-refractivity contribution in [3.05, 3.63) is 59.2 Å². The highest BCUT2D eigenvalue weighted by Gasteiger charge is 2.14. The summed E-state index contributed by atoms with van der Waals surface area (Å²) in [6.07, 6.45) is -0.549. The van der Waals surface area contributed by atoms with Gasteiger partial charge in [0.2, 0.25) is 0 Å². The lowest BCUT2D eigenvalue weighted by molar-refractivity contribution is -0.127. The maximum atomic E-state index is 12.1. The molecule has 4 nitrogen and oxygen atoms in total. The fourth-order valence-electron chi connectivity index (χ4n) is 2.44. The Bertz CT molecular complexity index is 677. The number of hydrogen-bond donors (Lipinski definition) is 1. The molecule has 4 heteroatoms. The van der Waals surface area contributed by atoms with E-state index in [1.165, 1.54) is 0 Å². The van der Waals surface area contributed by atoms with Gasteiger partial charge in [-0.2, -0.15) is 0 Å². The fourth-order valence-corrected chi connectivity index (χ4v) is 2.44. The van der Waals surface area contributed by atoms with Gasteiger partial charge in [-0.15, -0.1) is 0 Å². The SMILES string of the molecule is Cc1cc(C)cc(OCCNC(=O)[C@@H](C)Oc2ccccc2C)c1. The highest BCUT2D eigenvalue weighted by Crippen LogP contribution is 2.18. The van der Waals surface area contributed by atoms with Crippen LogP contribution < -0.4 is 14.8 Å². The van der Waals surface area contributed by atoms with Crippen LogP contribution in [0.3, 0.4) is 0 Å². The van der Waals surface area contributed by atoms with E-state index in [1.54, 1.807) is 6.92 Å². The zero-order chi connectivity index (χ0) is 17.5. The first kappa shape index (κ1) is 17.9. The van der Waals surface area contributed by atoms with E-state index in [2.05, 4.69) is 11.4 Å². The topological polar surface area (TPSA) is 47.6 Å². The lowest BCUT2D eigenvalue weighted by atomic mass is 10.1. The summed E-state index contributed by atoms with van der Waals surface area (Å²) in [5.74, 6) is 1.40. The fraction of sp³-hybridized carbons (Fsp3) is 0.350. The number of aryl methyl sites for hydroxylation is 3. The van der Waals surface area contributed by atoms with Gasteiger partial charge in [0.1, 0.15) is 18.1 Å². The Labute approximate surface area is 143 Å². The third-order valence-corrected chi connectivity index (χ3v) is 3.63. The molecular formula is C20H25NO3. The zero-order valence-corrected chi connectivity index (χ0v) is 14.8. The summed E-state index contributed by atoms with van der Waals surface area (Å²) in [7, 11) is 0. The van der Waals surface area contributed by atoms with Gasteiger partial charge in [-0.25, -0.2) is 0 Å². The second-order valence-electron chi connectivity index (χ2n) is 5.99. The highest BCUT2D eigenvalue weighted by molar-refractivity contribution is 5.80. The van der Waals surface area contributed by atoms with Crippen LogP contribution in [0.25, 0.3) is 0 Å². The second kappa shape index (κ2) is 8.39. The molecular weight excluding hydrogens is 302 g/mol. The minimum Gasteiger partial charge on any atom is -0.492 e. The van der Waals surface area contributed by atoms with Gasteiger partial charge in [0.15, 0.2) is 6.10 Å². The minimum absolute atomic E-state index is 0.151. The molecule has 0 bridgehead atoms. The Kier molecular flexibility index (Phi) is 6.24. The summed E-state index contributed by atoms with van der Waals surface area (Å²) in [5.41, 5.74) is 3.33. The molecule has 1 atom stereocenters. The molecule has 2 aromatic rings. The van der Waals surface area contributed by atoms with Gasteiger partial charge >= 0.3 is 0 Å². The molecule has 0 spiro atoms. The molecule has 0 aliphatic heterocycles. The van der Waals surface area contributed by atoms with Crippen LogP contribution in [-0.4, -0.2) is 25.2 Å². The van der Waals surface area contributed by atoms with Crippen LogP contribution in [0.5, 0.6) is 11.5 Å². The molecule has 2 rings (SSSR count). The predicted octanol–water partition coefficient (Wildman–Crippen LogP) is 3.57. The Morgan fingerprint density at radius 1 is 1.08 bits per heavy atom. The number of hydrogen-bond acceptors (Lipinski definition) is 3. The molecule has 0 saturated heterocycles. The molecule has 0 radical (unpaired) electrons. The van der Waals surface area contributed by atoms with Crippen LogP contribution in [0.4, 0.5) is 0 Å². The van der Waals surface area contributed by atoms with E-state index in [-0.39, 0.29) is 5.91 Å². The maximum absolute atomic E-state index is 12.1. The summed E-state index contributed by atoms with van der Waals surface area (Å²) < 4.78 is 11.4. The third-order valence-electron chi connectivity index (χ3n) is 3.63. The smallest absolute Gasteiger partial charge is 0.260 e. The lowest BCUT2D eigenvalue weighted by Crippen LogP contribution is -2.38. The molecule has 1 amide bonds. The van der Waals surface area contributed by atoms with Gasteiger partial charge in [-0.05, 0) is 62.6 Å². The molecule has 0 heterocycles. The van der Waals surface area contributed by atoms with Gasteiger partial charge in [0.25, 0.3) is 5.91 Å². The van der Waals surface area contributed by atoms with E-state index in [9.17, 15) is 4.79 Å². The molecule has 0 saturated carbocycles. The minimum atomic E-state index is -0.549. The van der Waals surface area contributed by atoms with E-state index in [0.29, 0.717) is 13.2 Å². The number of nitrogens with one attached hydrogen (secondary N) is 1. The van der Waals surface area contributed by atoms with Crippen molar-refractivity contribution in [3.8, 4) is 11.5 Å². The summed E-state index contributed by atoms with van der Waals surface area (Å²) in [4.78, 5) is 12.1. The third kappa shape index (κ3) is 5.30. The maximum Gasteiger partial charge on any atom is 0.260 e. The average molecular weight is 327 g/mol. The van der Waals surface area contributed by atoms with E-state index in [1.807, 2.05) is 57.2 Å². The van der Waals surface area contributed by atoms with Gasteiger partial charge in [0.05, 0.1) is 6.54 Å². The molecule has 1 N–H and O–H groups in total. The van der Waals surface area contributed by atoms with Crippen LogP contribution in [-0.2, 0) is 4.79 Å². The Morgan fingerprint density at radius 2 is 1.75 bits per heavy atom. The van der Waals surface area contributed by atoms with E-state index in [4.69, 9.17) is 9.47 Å². The van der Waals surface area contributed by atoms with Crippen molar-refractivity contribution in [2.75, 3.05) is 13.2 Å². The summed E-state index contributed by atoms with van der Waals surface area (Å²) >= 11 is 0. The summed E-state index contributed by atoms with van der Waals surface area (Å²) in [6.45, 7) is 8.63. The lowest BCUT2D eigenvalue weighted by Gasteiger charge is -2.16. The van der Waals surface area contributed by atoms with Gasteiger partial charge < -0.3 is 14.8 Å². The number of benzene rings is 2. The number of carbonyl (C=O) groups excluding carboxylic acids is 1. The molecule has 0 aromatic heterocycles. The first-order chi connectivity index (χ1) is 11.5. The van der Waals surface area contributed by atoms with Gasteiger partial charge in [0, 0.05) is 0 Å². The first-order valence-corrected chi connectivity index (χ1v) is 8.17. The van der Waals surface area contributed by atoms with Crippen molar-refractivity contribution < 1.29 is 14.3 Å². The molecule has 0 aliphatic rings. The molecule has 0 unspecified atom stereocenters. The monoisotopic (exact) mass is 327 g/mol. The van der Waals surface area contributed by atoms with Gasteiger partial charge in [-0.1, -0.05) is 24.3 Å². The van der Waals surface area contributed by atoms with E-state index in [0.717, 1.165) is 28.2 Å². The predicted molar refractivity (Wildman–Crippen MR) is 95.7 cm³/mol. The number of para-hydroxylation sites is 1. The average Bonchev–Trinajstić information content (AvgIpc) is 2.52. The second-order valence-corrected chi connectivity index (χ2v) is 5.99. The Balaban J connectivity index is 1.75. The highest BCUT2D eigenvalue weighted by atomic mass is 16.5. The number of amides is 1. The normalized spacial score (nSPS) is 11.7. The van der Waals surface area contributed by atoms with Crippen LogP contribution in [0.15, 0.2) is 42.5 Å². The van der Waals surface area contributed by atoms with Crippen molar-refractivity contribution in [2.24, 2.45) is 0 Å². The summed E-state index contributed by atoms with van der Waals surface area (Å²) in [6, 6.07) is 13.7. The first-order valence-electron chi connectivity index (χ1n) is 8.17. The Morgan fingerprint density at radius 3 is 2.42 bits per heavy atom.